The van der Waals surface area contributed by atoms with E-state index in [0.29, 0.717) is 50.0 Å². The van der Waals surface area contributed by atoms with Gasteiger partial charge in [0.1, 0.15) is 17.8 Å². The maximum absolute atomic E-state index is 12.3. The zero-order valence-electron chi connectivity index (χ0n) is 14.9. The first-order valence-electron chi connectivity index (χ1n) is 8.87. The molecule has 0 bridgehead atoms. The summed E-state index contributed by atoms with van der Waals surface area (Å²) >= 11 is 0. The molecule has 1 aliphatic heterocycles. The normalized spacial score (nSPS) is 14.3. The molecule has 8 heteroatoms. The van der Waals surface area contributed by atoms with Crippen molar-refractivity contribution in [3.63, 3.8) is 0 Å². The number of piperazine rings is 1. The van der Waals surface area contributed by atoms with Crippen LogP contribution in [0.5, 0.6) is 0 Å². The zero-order valence-corrected chi connectivity index (χ0v) is 14.9. The summed E-state index contributed by atoms with van der Waals surface area (Å²) in [4.78, 5) is 36.6. The molecule has 26 heavy (non-hydrogen) atoms. The topological polar surface area (TPSA) is 91.6 Å². The number of nitrogens with zero attached hydrogens (tertiary/aromatic N) is 4. The Hall–Kier alpha value is -2.90. The Labute approximate surface area is 152 Å². The van der Waals surface area contributed by atoms with E-state index in [4.69, 9.17) is 4.42 Å². The molecule has 3 heterocycles. The molecule has 138 valence electrons. The van der Waals surface area contributed by atoms with Crippen LogP contribution in [0.25, 0.3) is 0 Å². The van der Waals surface area contributed by atoms with Crippen molar-refractivity contribution in [3.05, 3.63) is 42.2 Å². The Kier molecular flexibility index (Phi) is 5.83. The van der Waals surface area contributed by atoms with Gasteiger partial charge in [0.25, 0.3) is 11.8 Å². The van der Waals surface area contributed by atoms with Crippen molar-refractivity contribution >= 4 is 17.6 Å². The number of carbonyl (C=O) groups is 2. The van der Waals surface area contributed by atoms with Gasteiger partial charge >= 0.3 is 0 Å². The Balaban J connectivity index is 1.58. The summed E-state index contributed by atoms with van der Waals surface area (Å²) in [7, 11) is 0. The quantitative estimate of drug-likeness (QED) is 0.789. The van der Waals surface area contributed by atoms with Crippen LogP contribution in [0.15, 0.2) is 35.2 Å². The number of hydrogen-bond donors (Lipinski definition) is 1. The second kappa shape index (κ2) is 8.46. The molecule has 1 saturated heterocycles. The van der Waals surface area contributed by atoms with Crippen molar-refractivity contribution in [2.75, 3.05) is 37.6 Å². The van der Waals surface area contributed by atoms with Crippen LogP contribution in [0, 0.1) is 0 Å². The van der Waals surface area contributed by atoms with E-state index in [0.717, 1.165) is 12.8 Å². The van der Waals surface area contributed by atoms with Gasteiger partial charge in [-0.15, -0.1) is 0 Å². The van der Waals surface area contributed by atoms with Gasteiger partial charge in [-0.3, -0.25) is 9.59 Å². The SMILES string of the molecule is CCCCNC(=O)c1cc(N2CCN(C(=O)c3ccco3)CC2)ncn1. The molecular formula is C18H23N5O3. The van der Waals surface area contributed by atoms with Gasteiger partial charge in [-0.05, 0) is 18.6 Å². The molecule has 0 radical (unpaired) electrons. The lowest BCUT2D eigenvalue weighted by Gasteiger charge is -2.35. The largest absolute Gasteiger partial charge is 0.459 e. The molecule has 1 N–H and O–H groups in total. The van der Waals surface area contributed by atoms with Crippen LogP contribution in [0.2, 0.25) is 0 Å². The van der Waals surface area contributed by atoms with E-state index in [1.165, 1.54) is 12.6 Å². The highest BCUT2D eigenvalue weighted by molar-refractivity contribution is 5.93. The maximum atomic E-state index is 12.3. The average molecular weight is 357 g/mol. The lowest BCUT2D eigenvalue weighted by Crippen LogP contribution is -2.49. The number of carbonyl (C=O) groups excluding carboxylic acids is 2. The number of furan rings is 1. The monoisotopic (exact) mass is 357 g/mol. The van der Waals surface area contributed by atoms with Crippen LogP contribution in [0.3, 0.4) is 0 Å². The Morgan fingerprint density at radius 1 is 1.23 bits per heavy atom. The number of nitrogens with one attached hydrogen (secondary N) is 1. The minimum absolute atomic E-state index is 0.103. The summed E-state index contributed by atoms with van der Waals surface area (Å²) < 4.78 is 5.17. The Bertz CT molecular complexity index is 739. The van der Waals surface area contributed by atoms with Crippen molar-refractivity contribution in [2.24, 2.45) is 0 Å². The summed E-state index contributed by atoms with van der Waals surface area (Å²) in [5, 5.41) is 2.86. The van der Waals surface area contributed by atoms with Crippen molar-refractivity contribution < 1.29 is 14.0 Å². The lowest BCUT2D eigenvalue weighted by atomic mass is 10.2. The van der Waals surface area contributed by atoms with E-state index in [2.05, 4.69) is 27.1 Å². The van der Waals surface area contributed by atoms with Crippen LogP contribution >= 0.6 is 0 Å². The number of amides is 2. The Morgan fingerprint density at radius 2 is 2.04 bits per heavy atom. The summed E-state index contributed by atoms with van der Waals surface area (Å²) in [5.41, 5.74) is 0.361. The fraction of sp³-hybridized carbons (Fsp3) is 0.444. The van der Waals surface area contributed by atoms with E-state index in [9.17, 15) is 9.59 Å². The predicted molar refractivity (Wildman–Crippen MR) is 96.1 cm³/mol. The molecule has 3 rings (SSSR count). The van der Waals surface area contributed by atoms with Crippen molar-refractivity contribution in [1.29, 1.82) is 0 Å². The van der Waals surface area contributed by atoms with Gasteiger partial charge in [0.2, 0.25) is 0 Å². The second-order valence-electron chi connectivity index (χ2n) is 6.13. The predicted octanol–water partition coefficient (Wildman–Crippen LogP) is 1.56. The molecule has 2 aromatic heterocycles. The van der Waals surface area contributed by atoms with Crippen molar-refractivity contribution in [1.82, 2.24) is 20.2 Å². The fourth-order valence-electron chi connectivity index (χ4n) is 2.81. The number of rotatable bonds is 6. The van der Waals surface area contributed by atoms with Gasteiger partial charge in [-0.1, -0.05) is 13.3 Å². The number of hydrogen-bond acceptors (Lipinski definition) is 6. The lowest BCUT2D eigenvalue weighted by molar-refractivity contribution is 0.0714. The molecule has 2 amide bonds. The molecule has 0 aliphatic carbocycles. The molecule has 2 aromatic rings. The van der Waals surface area contributed by atoms with Gasteiger partial charge in [0.15, 0.2) is 5.76 Å². The highest BCUT2D eigenvalue weighted by Crippen LogP contribution is 2.15. The molecule has 0 saturated carbocycles. The van der Waals surface area contributed by atoms with Gasteiger partial charge in [-0.2, -0.15) is 0 Å². The first kappa shape index (κ1) is 17.9. The van der Waals surface area contributed by atoms with Crippen LogP contribution in [-0.4, -0.2) is 59.4 Å². The molecule has 8 nitrogen and oxygen atoms in total. The smallest absolute Gasteiger partial charge is 0.289 e. The minimum atomic E-state index is -0.186. The van der Waals surface area contributed by atoms with E-state index < -0.39 is 0 Å². The minimum Gasteiger partial charge on any atom is -0.459 e. The molecule has 1 fully saturated rings. The summed E-state index contributed by atoms with van der Waals surface area (Å²) in [6.45, 7) is 5.14. The van der Waals surface area contributed by atoms with Crippen LogP contribution in [-0.2, 0) is 0 Å². The van der Waals surface area contributed by atoms with E-state index in [1.54, 1.807) is 23.1 Å². The van der Waals surface area contributed by atoms with Crippen LogP contribution in [0.1, 0.15) is 40.8 Å². The number of unbranched alkanes of at least 4 members (excludes halogenated alkanes) is 1. The zero-order chi connectivity index (χ0) is 18.4. The highest BCUT2D eigenvalue weighted by Gasteiger charge is 2.24. The van der Waals surface area contributed by atoms with Crippen molar-refractivity contribution in [2.45, 2.75) is 19.8 Å². The number of anilines is 1. The van der Waals surface area contributed by atoms with E-state index in [-0.39, 0.29) is 11.8 Å². The standard InChI is InChI=1S/C18H23N5O3/c1-2-3-6-19-17(24)14-12-16(21-13-20-14)22-7-9-23(10-8-22)18(25)15-5-4-11-26-15/h4-5,11-13H,2-3,6-10H2,1H3,(H,19,24). The van der Waals surface area contributed by atoms with Crippen molar-refractivity contribution in [3.8, 4) is 0 Å². The molecule has 0 unspecified atom stereocenters. The molecular weight excluding hydrogens is 334 g/mol. The van der Waals surface area contributed by atoms with E-state index in [1.807, 2.05) is 0 Å². The first-order valence-corrected chi connectivity index (χ1v) is 8.87. The van der Waals surface area contributed by atoms with Crippen LogP contribution in [0.4, 0.5) is 5.82 Å². The molecule has 0 aromatic carbocycles. The van der Waals surface area contributed by atoms with Gasteiger partial charge in [0.05, 0.1) is 6.26 Å². The van der Waals surface area contributed by atoms with Crippen LogP contribution < -0.4 is 10.2 Å². The highest BCUT2D eigenvalue weighted by atomic mass is 16.3. The fourth-order valence-corrected chi connectivity index (χ4v) is 2.81. The Morgan fingerprint density at radius 3 is 2.73 bits per heavy atom. The average Bonchev–Trinajstić information content (AvgIpc) is 3.22. The third-order valence-corrected chi connectivity index (χ3v) is 4.32. The molecule has 0 atom stereocenters. The maximum Gasteiger partial charge on any atom is 0.289 e. The third kappa shape index (κ3) is 4.19. The van der Waals surface area contributed by atoms with Gasteiger partial charge in [-0.25, -0.2) is 9.97 Å². The second-order valence-corrected chi connectivity index (χ2v) is 6.13. The third-order valence-electron chi connectivity index (χ3n) is 4.32. The van der Waals surface area contributed by atoms with Gasteiger partial charge < -0.3 is 19.5 Å². The number of aromatic nitrogens is 2. The summed E-state index contributed by atoms with van der Waals surface area (Å²) in [5.74, 6) is 0.763. The molecule has 0 spiro atoms. The summed E-state index contributed by atoms with van der Waals surface area (Å²) in [6, 6.07) is 5.07. The van der Waals surface area contributed by atoms with E-state index >= 15 is 0 Å². The van der Waals surface area contributed by atoms with Gasteiger partial charge in [0, 0.05) is 38.8 Å². The molecule has 1 aliphatic rings. The summed E-state index contributed by atoms with van der Waals surface area (Å²) in [6.07, 6.45) is 4.87. The first-order chi connectivity index (χ1) is 12.7.